The highest BCUT2D eigenvalue weighted by atomic mass is 16.5. The van der Waals surface area contributed by atoms with Crippen LogP contribution in [0.5, 0.6) is 0 Å². The number of ether oxygens (including phenoxy) is 1. The number of esters is 1. The number of hydrogen-bond donors (Lipinski definition) is 3. The third-order valence-corrected chi connectivity index (χ3v) is 2.42. The highest BCUT2D eigenvalue weighted by Gasteiger charge is 2.25. The van der Waals surface area contributed by atoms with Crippen molar-refractivity contribution in [2.75, 3.05) is 7.11 Å². The molecule has 0 aliphatic rings. The number of carboxylic acids is 1. The molecule has 0 fully saturated rings. The quantitative estimate of drug-likeness (QED) is 0.633. The Morgan fingerprint density at radius 3 is 2.56 bits per heavy atom. The van der Waals surface area contributed by atoms with Crippen molar-refractivity contribution in [3.05, 3.63) is 35.4 Å². The zero-order valence-corrected chi connectivity index (χ0v) is 9.74. The summed E-state index contributed by atoms with van der Waals surface area (Å²) >= 11 is 0. The van der Waals surface area contributed by atoms with Crippen molar-refractivity contribution in [3.8, 4) is 0 Å². The van der Waals surface area contributed by atoms with Crippen LogP contribution in [0.3, 0.4) is 0 Å². The average Bonchev–Trinajstić information content (AvgIpc) is 2.37. The zero-order chi connectivity index (χ0) is 13.7. The van der Waals surface area contributed by atoms with E-state index in [-0.39, 0.29) is 12.0 Å². The van der Waals surface area contributed by atoms with Crippen molar-refractivity contribution in [2.45, 2.75) is 18.6 Å². The Bertz CT molecular complexity index is 442. The Hall–Kier alpha value is -1.92. The van der Waals surface area contributed by atoms with Crippen molar-refractivity contribution in [2.24, 2.45) is 0 Å². The van der Waals surface area contributed by atoms with Gasteiger partial charge < -0.3 is 20.1 Å². The largest absolute Gasteiger partial charge is 0.479 e. The van der Waals surface area contributed by atoms with Gasteiger partial charge >= 0.3 is 11.9 Å². The fraction of sp³-hybridized carbons (Fsp3) is 0.333. The summed E-state index contributed by atoms with van der Waals surface area (Å²) in [5.74, 6) is -1.96. The number of carboxylic acid groups (broad SMARTS) is 1. The molecule has 18 heavy (non-hydrogen) atoms. The molecule has 1 aromatic carbocycles. The highest BCUT2D eigenvalue weighted by molar-refractivity contribution is 5.73. The van der Waals surface area contributed by atoms with E-state index in [1.54, 1.807) is 12.1 Å². The molecule has 0 radical (unpaired) electrons. The van der Waals surface area contributed by atoms with Gasteiger partial charge in [0.15, 0.2) is 6.10 Å². The van der Waals surface area contributed by atoms with Crippen LogP contribution >= 0.6 is 0 Å². The van der Waals surface area contributed by atoms with Gasteiger partial charge in [0.05, 0.1) is 13.5 Å². The summed E-state index contributed by atoms with van der Waals surface area (Å²) in [7, 11) is 1.26. The fourth-order valence-electron chi connectivity index (χ4n) is 1.44. The standard InChI is InChI=1S/C12H14O6/c1-18-9(13)6-7-3-2-4-8(5-7)10(14)11(15)12(16)17/h2-5,10-11,14-15H,6H2,1H3,(H,16,17). The van der Waals surface area contributed by atoms with Gasteiger partial charge in [-0.15, -0.1) is 0 Å². The predicted molar refractivity (Wildman–Crippen MR) is 60.8 cm³/mol. The van der Waals surface area contributed by atoms with Gasteiger partial charge in [0.1, 0.15) is 6.10 Å². The molecule has 6 nitrogen and oxygen atoms in total. The molecule has 0 spiro atoms. The minimum Gasteiger partial charge on any atom is -0.479 e. The molecule has 0 amide bonds. The van der Waals surface area contributed by atoms with Crippen LogP contribution in [0, 0.1) is 0 Å². The van der Waals surface area contributed by atoms with Crippen LogP contribution in [0.25, 0.3) is 0 Å². The number of hydrogen-bond acceptors (Lipinski definition) is 5. The second-order valence-electron chi connectivity index (χ2n) is 3.73. The second-order valence-corrected chi connectivity index (χ2v) is 3.73. The van der Waals surface area contributed by atoms with E-state index < -0.39 is 24.1 Å². The minimum atomic E-state index is -1.90. The first-order valence-corrected chi connectivity index (χ1v) is 5.20. The topological polar surface area (TPSA) is 104 Å². The Morgan fingerprint density at radius 1 is 1.33 bits per heavy atom. The van der Waals surface area contributed by atoms with Crippen molar-refractivity contribution in [3.63, 3.8) is 0 Å². The average molecular weight is 254 g/mol. The van der Waals surface area contributed by atoms with E-state index >= 15 is 0 Å². The summed E-state index contributed by atoms with van der Waals surface area (Å²) in [6.07, 6.45) is -3.43. The maximum Gasteiger partial charge on any atom is 0.335 e. The maximum absolute atomic E-state index is 11.1. The summed E-state index contributed by atoms with van der Waals surface area (Å²) < 4.78 is 4.50. The molecule has 0 aliphatic carbocycles. The Labute approximate surface area is 103 Å². The van der Waals surface area contributed by atoms with Crippen LogP contribution in [0.1, 0.15) is 17.2 Å². The normalized spacial score (nSPS) is 13.7. The number of carbonyl (C=O) groups is 2. The molecule has 1 aromatic rings. The monoisotopic (exact) mass is 254 g/mol. The van der Waals surface area contributed by atoms with E-state index in [1.807, 2.05) is 0 Å². The molecule has 3 N–H and O–H groups in total. The van der Waals surface area contributed by atoms with Gasteiger partial charge in [0.2, 0.25) is 0 Å². The third-order valence-electron chi connectivity index (χ3n) is 2.42. The van der Waals surface area contributed by atoms with E-state index in [0.29, 0.717) is 5.56 Å². The third kappa shape index (κ3) is 3.54. The van der Waals surface area contributed by atoms with E-state index in [1.165, 1.54) is 19.2 Å². The van der Waals surface area contributed by atoms with E-state index in [0.717, 1.165) is 0 Å². The van der Waals surface area contributed by atoms with Gasteiger partial charge in [-0.3, -0.25) is 4.79 Å². The van der Waals surface area contributed by atoms with Crippen LogP contribution in [0.4, 0.5) is 0 Å². The predicted octanol–water partition coefficient (Wildman–Crippen LogP) is -0.119. The number of rotatable bonds is 5. The molecule has 2 atom stereocenters. The summed E-state index contributed by atoms with van der Waals surface area (Å²) in [5.41, 5.74) is 0.794. The lowest BCUT2D eigenvalue weighted by Crippen LogP contribution is -2.27. The summed E-state index contributed by atoms with van der Waals surface area (Å²) in [6, 6.07) is 6.12. The van der Waals surface area contributed by atoms with Crippen molar-refractivity contribution in [1.29, 1.82) is 0 Å². The second kappa shape index (κ2) is 6.13. The molecular formula is C12H14O6. The van der Waals surface area contributed by atoms with Crippen LogP contribution < -0.4 is 0 Å². The van der Waals surface area contributed by atoms with Crippen molar-refractivity contribution in [1.82, 2.24) is 0 Å². The number of aliphatic hydroxyl groups is 2. The Balaban J connectivity index is 2.87. The number of aliphatic carboxylic acids is 1. The molecule has 0 saturated heterocycles. The van der Waals surface area contributed by atoms with Gasteiger partial charge in [0, 0.05) is 0 Å². The van der Waals surface area contributed by atoms with Crippen molar-refractivity contribution < 1.29 is 29.6 Å². The lowest BCUT2D eigenvalue weighted by molar-refractivity contribution is -0.153. The molecule has 0 saturated carbocycles. The van der Waals surface area contributed by atoms with E-state index in [9.17, 15) is 19.8 Å². The van der Waals surface area contributed by atoms with Crippen LogP contribution in [-0.4, -0.2) is 40.5 Å². The van der Waals surface area contributed by atoms with Gasteiger partial charge in [-0.25, -0.2) is 4.79 Å². The molecule has 2 unspecified atom stereocenters. The number of aliphatic hydroxyl groups excluding tert-OH is 2. The molecule has 0 heterocycles. The fourth-order valence-corrected chi connectivity index (χ4v) is 1.44. The minimum absolute atomic E-state index is 0.0141. The molecule has 6 heteroatoms. The zero-order valence-electron chi connectivity index (χ0n) is 9.74. The van der Waals surface area contributed by atoms with Gasteiger partial charge in [-0.2, -0.15) is 0 Å². The van der Waals surface area contributed by atoms with Crippen molar-refractivity contribution >= 4 is 11.9 Å². The molecule has 0 aliphatic heterocycles. The molecular weight excluding hydrogens is 240 g/mol. The molecule has 1 rings (SSSR count). The number of benzene rings is 1. The van der Waals surface area contributed by atoms with Crippen LogP contribution in [0.15, 0.2) is 24.3 Å². The highest BCUT2D eigenvalue weighted by Crippen LogP contribution is 2.18. The Morgan fingerprint density at radius 2 is 2.00 bits per heavy atom. The van der Waals surface area contributed by atoms with Gasteiger partial charge in [-0.1, -0.05) is 24.3 Å². The first-order chi connectivity index (χ1) is 8.45. The summed E-state index contributed by atoms with van der Waals surface area (Å²) in [5, 5.41) is 27.4. The lowest BCUT2D eigenvalue weighted by atomic mass is 10.0. The smallest absolute Gasteiger partial charge is 0.335 e. The van der Waals surface area contributed by atoms with E-state index in [4.69, 9.17) is 5.11 Å². The molecule has 0 aromatic heterocycles. The van der Waals surface area contributed by atoms with Crippen LogP contribution in [-0.2, 0) is 20.7 Å². The summed E-state index contributed by atoms with van der Waals surface area (Å²) in [6.45, 7) is 0. The number of carbonyl (C=O) groups excluding carboxylic acids is 1. The molecule has 0 bridgehead atoms. The van der Waals surface area contributed by atoms with Gasteiger partial charge in [-0.05, 0) is 11.1 Å². The Kier molecular flexibility index (Phi) is 4.82. The van der Waals surface area contributed by atoms with E-state index in [2.05, 4.69) is 4.74 Å². The maximum atomic E-state index is 11.1. The van der Waals surface area contributed by atoms with Gasteiger partial charge in [0.25, 0.3) is 0 Å². The first-order valence-electron chi connectivity index (χ1n) is 5.20. The molecule has 98 valence electrons. The number of methoxy groups -OCH3 is 1. The lowest BCUT2D eigenvalue weighted by Gasteiger charge is -2.15. The first kappa shape index (κ1) is 14.1. The summed E-state index contributed by atoms with van der Waals surface area (Å²) in [4.78, 5) is 21.6. The SMILES string of the molecule is COC(=O)Cc1cccc(C(O)C(O)C(=O)O)c1. The van der Waals surface area contributed by atoms with Crippen LogP contribution in [0.2, 0.25) is 0 Å².